The maximum absolute atomic E-state index is 9.65. The van der Waals surface area contributed by atoms with Gasteiger partial charge in [0, 0.05) is 32.9 Å². The number of hydrogen-bond donors (Lipinski definition) is 1. The zero-order chi connectivity index (χ0) is 11.1. The molecule has 0 saturated heterocycles. The van der Waals surface area contributed by atoms with E-state index < -0.39 is 6.10 Å². The predicted octanol–water partition coefficient (Wildman–Crippen LogP) is 0.535. The highest BCUT2D eigenvalue weighted by atomic mass is 16.5. The average molecular weight is 213 g/mol. The standard InChI is InChI=1S/C10H19N3O2/c1-3-5-15-6-4-10(14)7-9-8-13(2)12-11-9/h8,10,14H,3-7H2,1-2H3. The SMILES string of the molecule is CCCOCCC(O)Cc1cn(C)nn1. The van der Waals surface area contributed by atoms with Gasteiger partial charge in [0.1, 0.15) is 0 Å². The highest BCUT2D eigenvalue weighted by molar-refractivity contribution is 4.93. The van der Waals surface area contributed by atoms with Crippen LogP contribution in [0.25, 0.3) is 0 Å². The summed E-state index contributed by atoms with van der Waals surface area (Å²) in [5.41, 5.74) is 0.820. The maximum atomic E-state index is 9.65. The van der Waals surface area contributed by atoms with Gasteiger partial charge in [-0.25, -0.2) is 0 Å². The fourth-order valence-electron chi connectivity index (χ4n) is 1.30. The van der Waals surface area contributed by atoms with Gasteiger partial charge in [0.2, 0.25) is 0 Å². The Kier molecular flexibility index (Phi) is 5.28. The summed E-state index contributed by atoms with van der Waals surface area (Å²) in [5, 5.41) is 17.4. The summed E-state index contributed by atoms with van der Waals surface area (Å²) in [6.07, 6.45) is 3.63. The van der Waals surface area contributed by atoms with Crippen LogP contribution in [0.15, 0.2) is 6.20 Å². The molecule has 0 aliphatic rings. The van der Waals surface area contributed by atoms with Gasteiger partial charge in [0.25, 0.3) is 0 Å². The van der Waals surface area contributed by atoms with Crippen molar-refractivity contribution in [1.82, 2.24) is 15.0 Å². The number of ether oxygens (including phenoxy) is 1. The van der Waals surface area contributed by atoms with E-state index in [1.807, 2.05) is 13.2 Å². The van der Waals surface area contributed by atoms with Crippen molar-refractivity contribution in [2.45, 2.75) is 32.3 Å². The summed E-state index contributed by atoms with van der Waals surface area (Å²) in [4.78, 5) is 0. The van der Waals surface area contributed by atoms with Crippen LogP contribution in [0, 0.1) is 0 Å². The number of aryl methyl sites for hydroxylation is 1. The summed E-state index contributed by atoms with van der Waals surface area (Å²) in [6.45, 7) is 3.43. The van der Waals surface area contributed by atoms with Crippen LogP contribution < -0.4 is 0 Å². The van der Waals surface area contributed by atoms with Gasteiger partial charge in [-0.05, 0) is 12.8 Å². The molecule has 0 aromatic carbocycles. The first kappa shape index (κ1) is 12.1. The first-order valence-corrected chi connectivity index (χ1v) is 5.33. The van der Waals surface area contributed by atoms with Gasteiger partial charge in [-0.1, -0.05) is 12.1 Å². The number of aliphatic hydroxyl groups excluding tert-OH is 1. The summed E-state index contributed by atoms with van der Waals surface area (Å²) in [5.74, 6) is 0. The second-order valence-electron chi connectivity index (χ2n) is 3.64. The molecule has 0 radical (unpaired) electrons. The summed E-state index contributed by atoms with van der Waals surface area (Å²) in [6, 6.07) is 0. The third-order valence-corrected chi connectivity index (χ3v) is 2.04. The first-order valence-electron chi connectivity index (χ1n) is 5.33. The van der Waals surface area contributed by atoms with E-state index in [0.29, 0.717) is 19.4 Å². The number of aromatic nitrogens is 3. The Balaban J connectivity index is 2.15. The minimum Gasteiger partial charge on any atom is -0.393 e. The van der Waals surface area contributed by atoms with Gasteiger partial charge in [0.15, 0.2) is 0 Å². The van der Waals surface area contributed by atoms with Crippen LogP contribution in [0.4, 0.5) is 0 Å². The second-order valence-corrected chi connectivity index (χ2v) is 3.64. The van der Waals surface area contributed by atoms with Gasteiger partial charge in [-0.2, -0.15) is 0 Å². The fraction of sp³-hybridized carbons (Fsp3) is 0.800. The zero-order valence-corrected chi connectivity index (χ0v) is 9.39. The Morgan fingerprint density at radius 2 is 2.33 bits per heavy atom. The largest absolute Gasteiger partial charge is 0.393 e. The van der Waals surface area contributed by atoms with Gasteiger partial charge in [-0.15, -0.1) is 5.10 Å². The van der Waals surface area contributed by atoms with E-state index in [1.165, 1.54) is 0 Å². The molecule has 0 aliphatic heterocycles. The fourth-order valence-corrected chi connectivity index (χ4v) is 1.30. The Hall–Kier alpha value is -0.940. The van der Waals surface area contributed by atoms with Crippen LogP contribution >= 0.6 is 0 Å². The van der Waals surface area contributed by atoms with E-state index in [-0.39, 0.29) is 0 Å². The lowest BCUT2D eigenvalue weighted by atomic mass is 10.1. The molecule has 15 heavy (non-hydrogen) atoms. The van der Waals surface area contributed by atoms with E-state index >= 15 is 0 Å². The van der Waals surface area contributed by atoms with E-state index in [2.05, 4.69) is 17.2 Å². The molecule has 0 aliphatic carbocycles. The van der Waals surface area contributed by atoms with E-state index in [9.17, 15) is 5.11 Å². The number of hydrogen-bond acceptors (Lipinski definition) is 4. The molecule has 0 amide bonds. The van der Waals surface area contributed by atoms with Crippen LogP contribution in [-0.2, 0) is 18.2 Å². The summed E-state index contributed by atoms with van der Waals surface area (Å²) < 4.78 is 6.93. The molecule has 5 heteroatoms. The molecule has 0 fully saturated rings. The molecular formula is C10H19N3O2. The summed E-state index contributed by atoms with van der Waals surface area (Å²) >= 11 is 0. The lowest BCUT2D eigenvalue weighted by Crippen LogP contribution is -2.14. The molecule has 5 nitrogen and oxygen atoms in total. The van der Waals surface area contributed by atoms with Crippen molar-refractivity contribution in [1.29, 1.82) is 0 Å². The second kappa shape index (κ2) is 6.53. The van der Waals surface area contributed by atoms with Crippen LogP contribution in [-0.4, -0.2) is 39.4 Å². The predicted molar refractivity (Wildman–Crippen MR) is 56.4 cm³/mol. The third kappa shape index (κ3) is 4.90. The smallest absolute Gasteiger partial charge is 0.0852 e. The lowest BCUT2D eigenvalue weighted by molar-refractivity contribution is 0.0820. The van der Waals surface area contributed by atoms with Crippen LogP contribution in [0.2, 0.25) is 0 Å². The monoisotopic (exact) mass is 213 g/mol. The van der Waals surface area contributed by atoms with E-state index in [4.69, 9.17) is 4.74 Å². The molecule has 1 aromatic heterocycles. The van der Waals surface area contributed by atoms with Crippen LogP contribution in [0.5, 0.6) is 0 Å². The normalized spacial score (nSPS) is 13.0. The molecule has 1 unspecified atom stereocenters. The highest BCUT2D eigenvalue weighted by Crippen LogP contribution is 2.02. The number of rotatable bonds is 7. The third-order valence-electron chi connectivity index (χ3n) is 2.04. The van der Waals surface area contributed by atoms with Crippen molar-refractivity contribution >= 4 is 0 Å². The van der Waals surface area contributed by atoms with Gasteiger partial charge in [-0.3, -0.25) is 4.68 Å². The Morgan fingerprint density at radius 1 is 1.53 bits per heavy atom. The Morgan fingerprint density at radius 3 is 2.93 bits per heavy atom. The molecule has 0 saturated carbocycles. The molecule has 1 aromatic rings. The maximum Gasteiger partial charge on any atom is 0.0852 e. The molecule has 0 spiro atoms. The van der Waals surface area contributed by atoms with E-state index in [1.54, 1.807) is 4.68 Å². The molecule has 1 rings (SSSR count). The molecule has 1 atom stereocenters. The first-order chi connectivity index (χ1) is 7.22. The average Bonchev–Trinajstić information content (AvgIpc) is 2.59. The van der Waals surface area contributed by atoms with Gasteiger partial charge < -0.3 is 9.84 Å². The number of aliphatic hydroxyl groups is 1. The quantitative estimate of drug-likeness (QED) is 0.671. The van der Waals surface area contributed by atoms with E-state index in [0.717, 1.165) is 18.7 Å². The molecule has 0 bridgehead atoms. The summed E-state index contributed by atoms with van der Waals surface area (Å²) in [7, 11) is 1.81. The topological polar surface area (TPSA) is 60.2 Å². The van der Waals surface area contributed by atoms with Crippen LogP contribution in [0.1, 0.15) is 25.5 Å². The Labute approximate surface area is 90.1 Å². The lowest BCUT2D eigenvalue weighted by Gasteiger charge is -2.08. The Bertz CT molecular complexity index is 275. The molecule has 1 N–H and O–H groups in total. The highest BCUT2D eigenvalue weighted by Gasteiger charge is 2.07. The minimum absolute atomic E-state index is 0.390. The van der Waals surface area contributed by atoms with Crippen molar-refractivity contribution in [2.75, 3.05) is 13.2 Å². The van der Waals surface area contributed by atoms with Crippen molar-refractivity contribution in [3.8, 4) is 0 Å². The van der Waals surface area contributed by atoms with Crippen molar-refractivity contribution < 1.29 is 9.84 Å². The van der Waals surface area contributed by atoms with Crippen molar-refractivity contribution in [3.63, 3.8) is 0 Å². The van der Waals surface area contributed by atoms with Gasteiger partial charge >= 0.3 is 0 Å². The molecular weight excluding hydrogens is 194 g/mol. The molecule has 1 heterocycles. The number of nitrogens with zero attached hydrogens (tertiary/aromatic N) is 3. The van der Waals surface area contributed by atoms with Gasteiger partial charge in [0.05, 0.1) is 11.8 Å². The molecule has 86 valence electrons. The zero-order valence-electron chi connectivity index (χ0n) is 9.39. The van der Waals surface area contributed by atoms with Crippen molar-refractivity contribution in [2.24, 2.45) is 7.05 Å². The van der Waals surface area contributed by atoms with Crippen molar-refractivity contribution in [3.05, 3.63) is 11.9 Å². The van der Waals surface area contributed by atoms with Crippen LogP contribution in [0.3, 0.4) is 0 Å². The minimum atomic E-state index is -0.390.